The molecule has 3 nitrogen and oxygen atoms in total. The van der Waals surface area contributed by atoms with Gasteiger partial charge in [0.05, 0.1) is 10.0 Å². The summed E-state index contributed by atoms with van der Waals surface area (Å²) in [5.74, 6) is -0.861. The second-order valence-corrected chi connectivity index (χ2v) is 5.27. The molecule has 0 atom stereocenters. The fourth-order valence-corrected chi connectivity index (χ4v) is 2.27. The van der Waals surface area contributed by atoms with Gasteiger partial charge in [-0.25, -0.2) is 14.2 Å². The zero-order valence-electron chi connectivity index (χ0n) is 11.0. The van der Waals surface area contributed by atoms with Crippen LogP contribution >= 0.6 is 23.2 Å². The molecule has 110 valence electrons. The third kappa shape index (κ3) is 2.89. The Morgan fingerprint density at radius 1 is 1.09 bits per heavy atom. The highest BCUT2D eigenvalue weighted by molar-refractivity contribution is 6.43. The molecule has 0 aromatic heterocycles. The molecule has 0 N–H and O–H groups in total. The average molecular weight is 336 g/mol. The van der Waals surface area contributed by atoms with E-state index in [9.17, 15) is 9.18 Å². The van der Waals surface area contributed by atoms with Crippen molar-refractivity contribution in [2.75, 3.05) is 0 Å². The van der Waals surface area contributed by atoms with E-state index in [2.05, 4.69) is 4.99 Å². The largest absolute Gasteiger partial charge is 0.402 e. The molecule has 0 saturated heterocycles. The van der Waals surface area contributed by atoms with E-state index in [-0.39, 0.29) is 17.4 Å². The van der Waals surface area contributed by atoms with Crippen molar-refractivity contribution in [1.29, 1.82) is 0 Å². The van der Waals surface area contributed by atoms with Gasteiger partial charge >= 0.3 is 5.97 Å². The number of rotatable bonds is 2. The van der Waals surface area contributed by atoms with Crippen LogP contribution in [0.25, 0.3) is 6.08 Å². The number of ether oxygens (including phenoxy) is 1. The molecular weight excluding hydrogens is 328 g/mol. The van der Waals surface area contributed by atoms with Gasteiger partial charge in [0.15, 0.2) is 5.70 Å². The van der Waals surface area contributed by atoms with Gasteiger partial charge in [-0.1, -0.05) is 35.3 Å². The number of hydrogen-bond acceptors (Lipinski definition) is 3. The van der Waals surface area contributed by atoms with E-state index < -0.39 is 5.97 Å². The molecule has 22 heavy (non-hydrogen) atoms. The Bertz CT molecular complexity index is 813. The lowest BCUT2D eigenvalue weighted by atomic mass is 10.2. The van der Waals surface area contributed by atoms with Gasteiger partial charge in [0.25, 0.3) is 0 Å². The Hall–Kier alpha value is -2.17. The van der Waals surface area contributed by atoms with Crippen LogP contribution in [0, 0.1) is 5.82 Å². The maximum absolute atomic E-state index is 12.9. The monoisotopic (exact) mass is 335 g/mol. The van der Waals surface area contributed by atoms with E-state index in [1.807, 2.05) is 0 Å². The minimum absolute atomic E-state index is 0.100. The van der Waals surface area contributed by atoms with E-state index >= 15 is 0 Å². The summed E-state index contributed by atoms with van der Waals surface area (Å²) in [6.45, 7) is 0. The molecular formula is C16H8Cl2FNO2. The summed E-state index contributed by atoms with van der Waals surface area (Å²) in [5, 5.41) is 0.708. The van der Waals surface area contributed by atoms with Gasteiger partial charge in [-0.15, -0.1) is 0 Å². The van der Waals surface area contributed by atoms with Gasteiger partial charge in [-0.3, -0.25) is 0 Å². The molecule has 1 aliphatic heterocycles. The Kier molecular flexibility index (Phi) is 3.96. The number of carbonyl (C=O) groups excluding carboxylic acids is 1. The van der Waals surface area contributed by atoms with Gasteiger partial charge in [0, 0.05) is 5.56 Å². The number of nitrogens with zero attached hydrogens (tertiary/aromatic N) is 1. The first-order valence-electron chi connectivity index (χ1n) is 6.27. The zero-order chi connectivity index (χ0) is 15.7. The summed E-state index contributed by atoms with van der Waals surface area (Å²) in [7, 11) is 0. The van der Waals surface area contributed by atoms with Crippen molar-refractivity contribution in [3.05, 3.63) is 75.2 Å². The minimum Gasteiger partial charge on any atom is -0.402 e. The van der Waals surface area contributed by atoms with Crippen LogP contribution in [0.5, 0.6) is 0 Å². The van der Waals surface area contributed by atoms with Gasteiger partial charge in [-0.2, -0.15) is 0 Å². The number of esters is 1. The fourth-order valence-electron chi connectivity index (χ4n) is 1.90. The third-order valence-corrected chi connectivity index (χ3v) is 3.82. The number of benzene rings is 2. The van der Waals surface area contributed by atoms with Crippen LogP contribution < -0.4 is 0 Å². The Morgan fingerprint density at radius 2 is 1.82 bits per heavy atom. The van der Waals surface area contributed by atoms with E-state index in [0.29, 0.717) is 21.2 Å². The molecule has 2 aromatic carbocycles. The van der Waals surface area contributed by atoms with Crippen LogP contribution in [0.4, 0.5) is 4.39 Å². The maximum Gasteiger partial charge on any atom is 0.363 e. The topological polar surface area (TPSA) is 38.7 Å². The second kappa shape index (κ2) is 5.91. The van der Waals surface area contributed by atoms with Gasteiger partial charge in [0.1, 0.15) is 5.82 Å². The van der Waals surface area contributed by atoms with Crippen LogP contribution in [-0.2, 0) is 9.53 Å². The molecule has 6 heteroatoms. The highest BCUT2D eigenvalue weighted by atomic mass is 35.5. The van der Waals surface area contributed by atoms with Crippen molar-refractivity contribution in [2.45, 2.75) is 0 Å². The molecule has 0 spiro atoms. The van der Waals surface area contributed by atoms with Crippen LogP contribution in [0.3, 0.4) is 0 Å². The highest BCUT2D eigenvalue weighted by Crippen LogP contribution is 2.28. The average Bonchev–Trinajstić information content (AvgIpc) is 2.86. The summed E-state index contributed by atoms with van der Waals surface area (Å²) in [5.41, 5.74) is 1.17. The number of aliphatic imine (C=N–C) groups is 1. The lowest BCUT2D eigenvalue weighted by molar-refractivity contribution is -0.129. The first-order chi connectivity index (χ1) is 10.5. The van der Waals surface area contributed by atoms with Crippen molar-refractivity contribution in [2.24, 2.45) is 4.99 Å². The fraction of sp³-hybridized carbons (Fsp3) is 0. The quantitative estimate of drug-likeness (QED) is 0.599. The van der Waals surface area contributed by atoms with E-state index in [1.54, 1.807) is 18.2 Å². The van der Waals surface area contributed by atoms with E-state index in [0.717, 1.165) is 0 Å². The first-order valence-corrected chi connectivity index (χ1v) is 7.03. The van der Waals surface area contributed by atoms with Crippen LogP contribution in [-0.4, -0.2) is 11.9 Å². The summed E-state index contributed by atoms with van der Waals surface area (Å²) >= 11 is 12.0. The molecule has 2 aromatic rings. The summed E-state index contributed by atoms with van der Waals surface area (Å²) < 4.78 is 18.0. The second-order valence-electron chi connectivity index (χ2n) is 4.49. The Labute approximate surface area is 135 Å². The number of halogens is 3. The molecule has 0 unspecified atom stereocenters. The number of carbonyl (C=O) groups is 1. The summed E-state index contributed by atoms with van der Waals surface area (Å²) in [6, 6.07) is 10.6. The third-order valence-electron chi connectivity index (χ3n) is 2.99. The maximum atomic E-state index is 12.9. The lowest BCUT2D eigenvalue weighted by Gasteiger charge is -2.00. The van der Waals surface area contributed by atoms with Crippen molar-refractivity contribution < 1.29 is 13.9 Å². The lowest BCUT2D eigenvalue weighted by Crippen LogP contribution is -2.05. The molecule has 1 heterocycles. The van der Waals surface area contributed by atoms with Crippen molar-refractivity contribution in [3.8, 4) is 0 Å². The first kappa shape index (κ1) is 14.8. The summed E-state index contributed by atoms with van der Waals surface area (Å²) in [6.07, 6.45) is 1.49. The molecule has 0 bridgehead atoms. The smallest absolute Gasteiger partial charge is 0.363 e. The van der Waals surface area contributed by atoms with Crippen LogP contribution in [0.2, 0.25) is 10.0 Å². The van der Waals surface area contributed by atoms with Crippen molar-refractivity contribution >= 4 is 41.1 Å². The van der Waals surface area contributed by atoms with Gasteiger partial charge < -0.3 is 4.74 Å². The number of hydrogen-bond donors (Lipinski definition) is 0. The SMILES string of the molecule is O=C1OC(c2ccc(F)cc2)=NC1=Cc1cccc(Cl)c1Cl. The van der Waals surface area contributed by atoms with Crippen LogP contribution in [0.1, 0.15) is 11.1 Å². The molecule has 0 fully saturated rings. The molecule has 1 aliphatic rings. The summed E-state index contributed by atoms with van der Waals surface area (Å²) in [4.78, 5) is 16.0. The Morgan fingerprint density at radius 3 is 2.55 bits per heavy atom. The van der Waals surface area contributed by atoms with Crippen molar-refractivity contribution in [1.82, 2.24) is 0 Å². The van der Waals surface area contributed by atoms with Gasteiger partial charge in [0.2, 0.25) is 5.90 Å². The molecule has 0 aliphatic carbocycles. The van der Waals surface area contributed by atoms with Gasteiger partial charge in [-0.05, 0) is 42.0 Å². The predicted octanol–water partition coefficient (Wildman–Crippen LogP) is 4.48. The van der Waals surface area contributed by atoms with E-state index in [4.69, 9.17) is 27.9 Å². The normalized spacial score (nSPS) is 15.9. The molecule has 0 radical (unpaired) electrons. The van der Waals surface area contributed by atoms with Crippen molar-refractivity contribution in [3.63, 3.8) is 0 Å². The molecule has 3 rings (SSSR count). The standard InChI is InChI=1S/C16H8Cl2FNO2/c17-12-3-1-2-10(14(12)18)8-13-16(21)22-15(20-13)9-4-6-11(19)7-5-9/h1-8H. The zero-order valence-corrected chi connectivity index (χ0v) is 12.5. The number of cyclic esters (lactones) is 1. The molecule has 0 saturated carbocycles. The minimum atomic E-state index is -0.602. The predicted molar refractivity (Wildman–Crippen MR) is 83.5 cm³/mol. The van der Waals surface area contributed by atoms with Crippen LogP contribution in [0.15, 0.2) is 53.2 Å². The molecule has 0 amide bonds. The van der Waals surface area contributed by atoms with E-state index in [1.165, 1.54) is 30.3 Å². The highest BCUT2D eigenvalue weighted by Gasteiger charge is 2.24. The Balaban J connectivity index is 1.97.